The zero-order valence-corrected chi connectivity index (χ0v) is 14.7. The Morgan fingerprint density at radius 1 is 1.25 bits per heavy atom. The Hall–Kier alpha value is -1.16. The molecule has 0 aliphatic carbocycles. The number of benzene rings is 1. The molecule has 0 amide bonds. The van der Waals surface area contributed by atoms with Crippen molar-refractivity contribution in [3.05, 3.63) is 35.4 Å². The summed E-state index contributed by atoms with van der Waals surface area (Å²) in [5.41, 5.74) is -1.27. The number of halogens is 3. The Morgan fingerprint density at radius 3 is 2.42 bits per heavy atom. The van der Waals surface area contributed by atoms with Gasteiger partial charge in [-0.25, -0.2) is 13.1 Å². The van der Waals surface area contributed by atoms with Crippen molar-refractivity contribution in [2.45, 2.75) is 43.8 Å². The molecule has 1 fully saturated rings. The largest absolute Gasteiger partial charge is 0.416 e. The molecule has 136 valence electrons. The Kier molecular flexibility index (Phi) is 5.02. The van der Waals surface area contributed by atoms with Crippen molar-refractivity contribution in [2.75, 3.05) is 13.7 Å². The van der Waals surface area contributed by atoms with Gasteiger partial charge in [0.05, 0.1) is 18.2 Å². The maximum atomic E-state index is 12.9. The maximum Gasteiger partial charge on any atom is 0.416 e. The third-order valence-corrected chi connectivity index (χ3v) is 5.68. The van der Waals surface area contributed by atoms with Crippen LogP contribution in [0.15, 0.2) is 24.3 Å². The smallest absolute Gasteiger partial charge is 0.297 e. The van der Waals surface area contributed by atoms with Crippen molar-refractivity contribution < 1.29 is 26.4 Å². The van der Waals surface area contributed by atoms with E-state index < -0.39 is 38.6 Å². The van der Waals surface area contributed by atoms with Crippen LogP contribution in [0.3, 0.4) is 0 Å². The van der Waals surface area contributed by atoms with Gasteiger partial charge < -0.3 is 0 Å². The fourth-order valence-corrected chi connectivity index (χ4v) is 4.59. The van der Waals surface area contributed by atoms with Crippen molar-refractivity contribution >= 4 is 10.0 Å². The number of rotatable bonds is 3. The Morgan fingerprint density at radius 2 is 1.88 bits per heavy atom. The van der Waals surface area contributed by atoms with Gasteiger partial charge in [-0.05, 0) is 38.5 Å². The highest BCUT2D eigenvalue weighted by molar-refractivity contribution is 7.90. The van der Waals surface area contributed by atoms with Crippen molar-refractivity contribution in [2.24, 2.45) is 0 Å². The highest BCUT2D eigenvalue weighted by atomic mass is 32.2. The van der Waals surface area contributed by atoms with Gasteiger partial charge in [0.1, 0.15) is 5.25 Å². The molecule has 1 N–H and O–H groups in total. The van der Waals surface area contributed by atoms with Crippen LogP contribution in [-0.2, 0) is 21.0 Å². The summed E-state index contributed by atoms with van der Waals surface area (Å²) in [6.45, 7) is 4.97. The monoisotopic (exact) mass is 366 g/mol. The minimum absolute atomic E-state index is 0.122. The Balaban J connectivity index is 2.40. The van der Waals surface area contributed by atoms with Crippen LogP contribution in [0.2, 0.25) is 0 Å². The molecular weight excluding hydrogens is 345 g/mol. The van der Waals surface area contributed by atoms with Gasteiger partial charge in [-0.1, -0.05) is 12.1 Å². The van der Waals surface area contributed by atoms with E-state index in [0.29, 0.717) is 0 Å². The Labute approximate surface area is 139 Å². The lowest BCUT2D eigenvalue weighted by molar-refractivity contribution is -0.138. The van der Waals surface area contributed by atoms with Crippen LogP contribution in [-0.4, -0.2) is 37.9 Å². The Bertz CT molecular complexity index is 699. The second kappa shape index (κ2) is 6.29. The highest BCUT2D eigenvalue weighted by Crippen LogP contribution is 2.37. The van der Waals surface area contributed by atoms with Crippen molar-refractivity contribution in [1.29, 1.82) is 0 Å². The topological polar surface area (TPSA) is 58.6 Å². The van der Waals surface area contributed by atoms with Crippen LogP contribution in [0.1, 0.15) is 37.9 Å². The predicted molar refractivity (Wildman–Crippen MR) is 83.5 cm³/mol. The molecule has 0 radical (unpaired) electrons. The number of hydrogen-bond acceptors (Lipinski definition) is 4. The second-order valence-electron chi connectivity index (χ2n) is 6.85. The molecule has 1 heterocycles. The average Bonchev–Trinajstić information content (AvgIpc) is 2.78. The van der Waals surface area contributed by atoms with E-state index in [1.54, 1.807) is 20.8 Å². The molecule has 0 saturated carbocycles. The van der Waals surface area contributed by atoms with Gasteiger partial charge >= 0.3 is 6.18 Å². The fraction of sp³-hybridized carbons (Fsp3) is 0.600. The number of nitrogens with one attached hydrogen (secondary N) is 1. The summed E-state index contributed by atoms with van der Waals surface area (Å²) in [4.78, 5) is 5.29. The number of alkyl halides is 3. The normalized spacial score (nSPS) is 23.6. The minimum Gasteiger partial charge on any atom is -0.297 e. The molecule has 2 atom stereocenters. The molecule has 5 nitrogen and oxygen atoms in total. The molecule has 1 aromatic carbocycles. The number of sulfonamides is 1. The SMILES string of the molecule is CN1OCC(S(=O)(=O)NC(C)(C)C)C1c1cccc(C(F)(F)F)c1. The van der Waals surface area contributed by atoms with E-state index in [-0.39, 0.29) is 12.2 Å². The lowest BCUT2D eigenvalue weighted by Gasteiger charge is -2.27. The maximum absolute atomic E-state index is 12.9. The molecule has 24 heavy (non-hydrogen) atoms. The minimum atomic E-state index is -4.49. The van der Waals surface area contributed by atoms with Gasteiger partial charge in [0.15, 0.2) is 0 Å². The number of hydroxylamine groups is 2. The fourth-order valence-electron chi connectivity index (χ4n) is 2.68. The summed E-state index contributed by atoms with van der Waals surface area (Å²) in [6.07, 6.45) is -4.49. The molecule has 2 rings (SSSR count). The number of nitrogens with zero attached hydrogens (tertiary/aromatic N) is 1. The van der Waals surface area contributed by atoms with Crippen LogP contribution in [0.25, 0.3) is 0 Å². The van der Waals surface area contributed by atoms with Crippen LogP contribution in [0.4, 0.5) is 13.2 Å². The first-order chi connectivity index (χ1) is 10.8. The van der Waals surface area contributed by atoms with Crippen LogP contribution in [0.5, 0.6) is 0 Å². The lowest BCUT2D eigenvalue weighted by atomic mass is 10.0. The van der Waals surface area contributed by atoms with Crippen molar-refractivity contribution in [3.63, 3.8) is 0 Å². The van der Waals surface area contributed by atoms with Gasteiger partial charge in [-0.3, -0.25) is 4.84 Å². The molecule has 1 aliphatic heterocycles. The van der Waals surface area contributed by atoms with E-state index >= 15 is 0 Å². The molecule has 1 saturated heterocycles. The van der Waals surface area contributed by atoms with E-state index in [9.17, 15) is 21.6 Å². The molecule has 1 aliphatic rings. The summed E-state index contributed by atoms with van der Waals surface area (Å²) in [5, 5.41) is 0.285. The first-order valence-corrected chi connectivity index (χ1v) is 8.91. The molecule has 9 heteroatoms. The van der Waals surface area contributed by atoms with E-state index in [1.165, 1.54) is 24.2 Å². The summed E-state index contributed by atoms with van der Waals surface area (Å²) >= 11 is 0. The molecule has 1 aromatic rings. The van der Waals surface area contributed by atoms with E-state index in [4.69, 9.17) is 4.84 Å². The lowest BCUT2D eigenvalue weighted by Crippen LogP contribution is -2.47. The highest BCUT2D eigenvalue weighted by Gasteiger charge is 2.45. The molecule has 0 aromatic heterocycles. The molecule has 2 unspecified atom stereocenters. The zero-order valence-electron chi connectivity index (χ0n) is 13.9. The number of hydrogen-bond donors (Lipinski definition) is 1. The molecular formula is C15H21F3N2O3S. The summed E-state index contributed by atoms with van der Waals surface area (Å²) in [7, 11) is -2.28. The average molecular weight is 366 g/mol. The van der Waals surface area contributed by atoms with Gasteiger partial charge in [-0.15, -0.1) is 0 Å². The second-order valence-corrected chi connectivity index (χ2v) is 8.75. The van der Waals surface area contributed by atoms with Crippen LogP contribution in [0, 0.1) is 0 Å². The van der Waals surface area contributed by atoms with Crippen molar-refractivity contribution in [1.82, 2.24) is 9.79 Å². The van der Waals surface area contributed by atoms with E-state index in [0.717, 1.165) is 12.1 Å². The third-order valence-electron chi connectivity index (χ3n) is 3.59. The third kappa shape index (κ3) is 4.27. The predicted octanol–water partition coefficient (Wildman–Crippen LogP) is 2.71. The van der Waals surface area contributed by atoms with E-state index in [2.05, 4.69) is 4.72 Å². The van der Waals surface area contributed by atoms with Crippen molar-refractivity contribution in [3.8, 4) is 0 Å². The van der Waals surface area contributed by atoms with Crippen LogP contribution < -0.4 is 4.72 Å². The molecule has 0 spiro atoms. The molecule has 0 bridgehead atoms. The van der Waals surface area contributed by atoms with Gasteiger partial charge in [0.2, 0.25) is 10.0 Å². The summed E-state index contributed by atoms with van der Waals surface area (Å²) in [6, 6.07) is 3.84. The van der Waals surface area contributed by atoms with Gasteiger partial charge in [0.25, 0.3) is 0 Å². The zero-order chi connectivity index (χ0) is 18.3. The van der Waals surface area contributed by atoms with Gasteiger partial charge in [0, 0.05) is 12.6 Å². The summed E-state index contributed by atoms with van der Waals surface area (Å²) < 4.78 is 66.6. The first kappa shape index (κ1) is 19.2. The summed E-state index contributed by atoms with van der Waals surface area (Å²) in [5.74, 6) is 0. The van der Waals surface area contributed by atoms with E-state index in [1.807, 2.05) is 0 Å². The van der Waals surface area contributed by atoms with Crippen LogP contribution >= 0.6 is 0 Å². The first-order valence-electron chi connectivity index (χ1n) is 7.37. The standard InChI is InChI=1S/C15H21F3N2O3S/c1-14(2,3)19-24(21,22)12-9-23-20(4)13(12)10-6-5-7-11(8-10)15(16,17)18/h5-8,12-13,19H,9H2,1-4H3. The quantitative estimate of drug-likeness (QED) is 0.894. The van der Waals surface area contributed by atoms with Gasteiger partial charge in [-0.2, -0.15) is 18.2 Å².